The standard InChI is InChI=1S/C16H11FN4O2S/c17-10-3-1-2-4-11(10)19-15(22)8-24-16-13-7-14-12(5-6-23-14)21(13)9-18-20-16/h1-7,9H,8H2,(H,19,22). The van der Waals surface area contributed by atoms with Crippen LogP contribution in [0.5, 0.6) is 0 Å². The van der Waals surface area contributed by atoms with Crippen molar-refractivity contribution < 1.29 is 13.6 Å². The summed E-state index contributed by atoms with van der Waals surface area (Å²) in [5.74, 6) is -0.691. The predicted molar refractivity (Wildman–Crippen MR) is 88.5 cm³/mol. The number of aromatic nitrogens is 3. The monoisotopic (exact) mass is 342 g/mol. The molecule has 0 aliphatic rings. The van der Waals surface area contributed by atoms with Crippen LogP contribution in [0.1, 0.15) is 0 Å². The summed E-state index contributed by atoms with van der Waals surface area (Å²) in [6.07, 6.45) is 3.20. The summed E-state index contributed by atoms with van der Waals surface area (Å²) in [6, 6.07) is 9.72. The first kappa shape index (κ1) is 14.7. The molecule has 0 saturated heterocycles. The van der Waals surface area contributed by atoms with E-state index in [4.69, 9.17) is 4.42 Å². The Hall–Kier alpha value is -2.87. The second kappa shape index (κ2) is 5.97. The lowest BCUT2D eigenvalue weighted by Crippen LogP contribution is -2.15. The van der Waals surface area contributed by atoms with E-state index in [2.05, 4.69) is 15.5 Å². The lowest BCUT2D eigenvalue weighted by Gasteiger charge is -2.06. The van der Waals surface area contributed by atoms with E-state index in [-0.39, 0.29) is 17.3 Å². The smallest absolute Gasteiger partial charge is 0.234 e. The van der Waals surface area contributed by atoms with E-state index in [0.29, 0.717) is 5.03 Å². The third-order valence-electron chi connectivity index (χ3n) is 3.48. The van der Waals surface area contributed by atoms with Gasteiger partial charge >= 0.3 is 0 Å². The third kappa shape index (κ3) is 2.61. The van der Waals surface area contributed by atoms with E-state index in [1.807, 2.05) is 16.5 Å². The number of furan rings is 1. The minimum atomic E-state index is -0.468. The van der Waals surface area contributed by atoms with Gasteiger partial charge in [0.15, 0.2) is 5.58 Å². The number of carbonyl (C=O) groups is 1. The van der Waals surface area contributed by atoms with E-state index in [1.54, 1.807) is 24.7 Å². The molecule has 0 radical (unpaired) electrons. The molecule has 6 nitrogen and oxygen atoms in total. The zero-order valence-corrected chi connectivity index (χ0v) is 13.1. The number of hydrogen-bond donors (Lipinski definition) is 1. The molecule has 4 aromatic rings. The highest BCUT2D eigenvalue weighted by Gasteiger charge is 2.13. The fourth-order valence-corrected chi connectivity index (χ4v) is 3.15. The normalized spacial score (nSPS) is 11.2. The number of carbonyl (C=O) groups excluding carboxylic acids is 1. The van der Waals surface area contributed by atoms with Gasteiger partial charge in [-0.2, -0.15) is 0 Å². The number of benzene rings is 1. The van der Waals surface area contributed by atoms with Crippen LogP contribution in [-0.2, 0) is 4.79 Å². The summed E-state index contributed by atoms with van der Waals surface area (Å²) in [5.41, 5.74) is 2.58. The van der Waals surface area contributed by atoms with Gasteiger partial charge < -0.3 is 9.73 Å². The molecule has 0 spiro atoms. The molecule has 4 rings (SSSR count). The lowest BCUT2D eigenvalue weighted by atomic mass is 10.3. The first-order chi connectivity index (χ1) is 11.7. The summed E-state index contributed by atoms with van der Waals surface area (Å²) in [5, 5.41) is 11.2. The first-order valence-electron chi connectivity index (χ1n) is 7.09. The van der Waals surface area contributed by atoms with E-state index >= 15 is 0 Å². The Labute approximate surface area is 139 Å². The Bertz CT molecular complexity index is 1040. The molecule has 0 bridgehead atoms. The second-order valence-electron chi connectivity index (χ2n) is 5.02. The summed E-state index contributed by atoms with van der Waals surface area (Å²) in [7, 11) is 0. The van der Waals surface area contributed by atoms with Gasteiger partial charge in [-0.1, -0.05) is 23.9 Å². The number of rotatable bonds is 4. The van der Waals surface area contributed by atoms with E-state index in [9.17, 15) is 9.18 Å². The van der Waals surface area contributed by atoms with Crippen LogP contribution in [0.15, 0.2) is 58.4 Å². The Kier molecular flexibility index (Phi) is 3.66. The van der Waals surface area contributed by atoms with Crippen molar-refractivity contribution >= 4 is 40.0 Å². The summed E-state index contributed by atoms with van der Waals surface area (Å²) in [4.78, 5) is 12.0. The van der Waals surface area contributed by atoms with E-state index < -0.39 is 5.82 Å². The molecule has 1 N–H and O–H groups in total. The molecule has 0 unspecified atom stereocenters. The maximum atomic E-state index is 13.5. The largest absolute Gasteiger partial charge is 0.463 e. The van der Waals surface area contributed by atoms with Crippen LogP contribution < -0.4 is 5.32 Å². The molecule has 0 aliphatic carbocycles. The maximum absolute atomic E-state index is 13.5. The lowest BCUT2D eigenvalue weighted by molar-refractivity contribution is -0.113. The fraction of sp³-hybridized carbons (Fsp3) is 0.0625. The predicted octanol–water partition coefficient (Wildman–Crippen LogP) is 3.35. The number of halogens is 1. The van der Waals surface area contributed by atoms with E-state index in [1.165, 1.54) is 23.9 Å². The average molecular weight is 342 g/mol. The van der Waals surface area contributed by atoms with Crippen molar-refractivity contribution in [3.8, 4) is 0 Å². The Morgan fingerprint density at radius 3 is 3.04 bits per heavy atom. The molecular formula is C16H11FN4O2S. The number of thioether (sulfide) groups is 1. The molecule has 1 aromatic carbocycles. The highest BCUT2D eigenvalue weighted by atomic mass is 32.2. The van der Waals surface area contributed by atoms with Gasteiger partial charge in [-0.3, -0.25) is 9.20 Å². The maximum Gasteiger partial charge on any atom is 0.234 e. The molecule has 24 heavy (non-hydrogen) atoms. The average Bonchev–Trinajstić information content (AvgIpc) is 3.16. The number of amides is 1. The number of anilines is 1. The van der Waals surface area contributed by atoms with Gasteiger partial charge in [-0.15, -0.1) is 10.2 Å². The summed E-state index contributed by atoms with van der Waals surface area (Å²) >= 11 is 1.23. The van der Waals surface area contributed by atoms with Gasteiger partial charge in [0.1, 0.15) is 17.2 Å². The van der Waals surface area contributed by atoms with Crippen LogP contribution in [0.2, 0.25) is 0 Å². The SMILES string of the molecule is O=C(CSc1nncn2c1cc1occc12)Nc1ccccc1F. The topological polar surface area (TPSA) is 72.4 Å². The van der Waals surface area contributed by atoms with Crippen LogP contribution in [0.3, 0.4) is 0 Å². The summed E-state index contributed by atoms with van der Waals surface area (Å²) in [6.45, 7) is 0. The van der Waals surface area contributed by atoms with Gasteiger partial charge in [0.25, 0.3) is 0 Å². The van der Waals surface area contributed by atoms with Gasteiger partial charge in [-0.05, 0) is 12.1 Å². The third-order valence-corrected chi connectivity index (χ3v) is 4.45. The quantitative estimate of drug-likeness (QED) is 0.576. The minimum absolute atomic E-state index is 0.0925. The van der Waals surface area contributed by atoms with Crippen molar-refractivity contribution in [2.45, 2.75) is 5.03 Å². The van der Waals surface area contributed by atoms with Gasteiger partial charge in [-0.25, -0.2) is 4.39 Å². The van der Waals surface area contributed by atoms with Gasteiger partial charge in [0, 0.05) is 12.1 Å². The molecule has 0 atom stereocenters. The summed E-state index contributed by atoms with van der Waals surface area (Å²) < 4.78 is 20.8. The van der Waals surface area contributed by atoms with Crippen LogP contribution >= 0.6 is 11.8 Å². The first-order valence-corrected chi connectivity index (χ1v) is 8.08. The molecule has 0 saturated carbocycles. The van der Waals surface area contributed by atoms with Crippen LogP contribution in [-0.4, -0.2) is 26.3 Å². The zero-order valence-electron chi connectivity index (χ0n) is 12.3. The highest BCUT2D eigenvalue weighted by Crippen LogP contribution is 2.27. The van der Waals surface area contributed by atoms with Crippen molar-refractivity contribution in [3.05, 3.63) is 54.8 Å². The molecule has 8 heteroatoms. The number of nitrogens with one attached hydrogen (secondary N) is 1. The number of nitrogens with zero attached hydrogens (tertiary/aromatic N) is 3. The zero-order chi connectivity index (χ0) is 16.5. The van der Waals surface area contributed by atoms with Gasteiger partial charge in [0.2, 0.25) is 5.91 Å². The van der Waals surface area contributed by atoms with Crippen molar-refractivity contribution in [1.82, 2.24) is 14.6 Å². The minimum Gasteiger partial charge on any atom is -0.463 e. The number of hydrogen-bond acceptors (Lipinski definition) is 5. The molecule has 0 aliphatic heterocycles. The van der Waals surface area contributed by atoms with Crippen molar-refractivity contribution in [1.29, 1.82) is 0 Å². The Morgan fingerprint density at radius 2 is 2.17 bits per heavy atom. The molecule has 1 amide bonds. The van der Waals surface area contributed by atoms with Crippen molar-refractivity contribution in [2.24, 2.45) is 0 Å². The Morgan fingerprint density at radius 1 is 1.29 bits per heavy atom. The molecule has 3 heterocycles. The van der Waals surface area contributed by atoms with Crippen LogP contribution in [0, 0.1) is 5.82 Å². The highest BCUT2D eigenvalue weighted by molar-refractivity contribution is 8.00. The van der Waals surface area contributed by atoms with Crippen molar-refractivity contribution in [3.63, 3.8) is 0 Å². The molecule has 0 fully saturated rings. The molecule has 3 aromatic heterocycles. The second-order valence-corrected chi connectivity index (χ2v) is 5.99. The van der Waals surface area contributed by atoms with Crippen LogP contribution in [0.25, 0.3) is 16.6 Å². The molecule has 120 valence electrons. The number of fused-ring (bicyclic) bond motifs is 3. The van der Waals surface area contributed by atoms with Gasteiger partial charge in [0.05, 0.1) is 28.7 Å². The van der Waals surface area contributed by atoms with Crippen LogP contribution in [0.4, 0.5) is 10.1 Å². The van der Waals surface area contributed by atoms with Crippen molar-refractivity contribution in [2.75, 3.05) is 11.1 Å². The molecular weight excluding hydrogens is 331 g/mol. The number of para-hydroxylation sites is 1. The fourth-order valence-electron chi connectivity index (χ4n) is 2.40. The Balaban J connectivity index is 1.52. The van der Waals surface area contributed by atoms with E-state index in [0.717, 1.165) is 16.6 Å².